The van der Waals surface area contributed by atoms with E-state index in [4.69, 9.17) is 0 Å². The Bertz CT molecular complexity index is 1070. The van der Waals surface area contributed by atoms with Crippen molar-refractivity contribution in [3.05, 3.63) is 65.0 Å². The largest absolute Gasteiger partial charge is 0.355 e. The monoisotopic (exact) mass is 463 g/mol. The second kappa shape index (κ2) is 10.6. The van der Waals surface area contributed by atoms with Gasteiger partial charge >= 0.3 is 0 Å². The third-order valence-corrected chi connectivity index (χ3v) is 6.38. The van der Waals surface area contributed by atoms with Gasteiger partial charge in [-0.3, -0.25) is 13.9 Å². The third kappa shape index (κ3) is 6.53. The Labute approximate surface area is 189 Å². The van der Waals surface area contributed by atoms with Crippen LogP contribution in [0.15, 0.2) is 42.5 Å². The van der Waals surface area contributed by atoms with Crippen molar-refractivity contribution in [1.29, 1.82) is 0 Å². The van der Waals surface area contributed by atoms with Gasteiger partial charge in [-0.15, -0.1) is 0 Å². The number of amides is 2. The average molecular weight is 464 g/mol. The highest BCUT2D eigenvalue weighted by atomic mass is 32.2. The van der Waals surface area contributed by atoms with Crippen LogP contribution in [0.1, 0.15) is 30.5 Å². The van der Waals surface area contributed by atoms with E-state index < -0.39 is 34.3 Å². The van der Waals surface area contributed by atoms with Crippen molar-refractivity contribution in [3.8, 4) is 0 Å². The topological polar surface area (TPSA) is 86.8 Å². The Balaban J connectivity index is 2.39. The van der Waals surface area contributed by atoms with Gasteiger partial charge in [-0.25, -0.2) is 12.8 Å². The van der Waals surface area contributed by atoms with Crippen LogP contribution >= 0.6 is 0 Å². The maximum Gasteiger partial charge on any atom is 0.244 e. The lowest BCUT2D eigenvalue weighted by atomic mass is 10.1. The minimum Gasteiger partial charge on any atom is -0.355 e. The average Bonchev–Trinajstić information content (AvgIpc) is 2.72. The molecule has 1 atom stereocenters. The van der Waals surface area contributed by atoms with Gasteiger partial charge in [0.25, 0.3) is 0 Å². The normalized spacial score (nSPS) is 12.2. The molecular formula is C23H30FN3O4S. The summed E-state index contributed by atoms with van der Waals surface area (Å²) in [6.45, 7) is 7.07. The Kier molecular flexibility index (Phi) is 8.38. The Hall–Kier alpha value is -2.94. The van der Waals surface area contributed by atoms with Gasteiger partial charge in [0.05, 0.1) is 11.9 Å². The van der Waals surface area contributed by atoms with E-state index in [0.717, 1.165) is 21.7 Å². The van der Waals surface area contributed by atoms with Crippen molar-refractivity contribution >= 4 is 27.5 Å². The van der Waals surface area contributed by atoms with Crippen molar-refractivity contribution in [1.82, 2.24) is 10.2 Å². The summed E-state index contributed by atoms with van der Waals surface area (Å²) in [5.74, 6) is -1.32. The summed E-state index contributed by atoms with van der Waals surface area (Å²) in [5.41, 5.74) is 2.88. The minimum atomic E-state index is -3.78. The number of aryl methyl sites for hydroxylation is 2. The second-order valence-electron chi connectivity index (χ2n) is 7.76. The zero-order valence-electron chi connectivity index (χ0n) is 19.1. The van der Waals surface area contributed by atoms with Gasteiger partial charge in [0.15, 0.2) is 0 Å². The molecule has 0 fully saturated rings. The first-order valence-corrected chi connectivity index (χ1v) is 12.2. The molecule has 2 amide bonds. The highest BCUT2D eigenvalue weighted by Crippen LogP contribution is 2.22. The fourth-order valence-electron chi connectivity index (χ4n) is 3.19. The summed E-state index contributed by atoms with van der Waals surface area (Å²) in [6, 6.07) is 9.89. The molecule has 0 spiro atoms. The fraction of sp³-hybridized carbons (Fsp3) is 0.391. The van der Waals surface area contributed by atoms with Crippen molar-refractivity contribution in [2.45, 2.75) is 40.3 Å². The number of halogens is 1. The van der Waals surface area contributed by atoms with Crippen molar-refractivity contribution < 1.29 is 22.4 Å². The van der Waals surface area contributed by atoms with Gasteiger partial charge in [0, 0.05) is 13.1 Å². The smallest absolute Gasteiger partial charge is 0.244 e. The van der Waals surface area contributed by atoms with E-state index >= 15 is 0 Å². The first kappa shape index (κ1) is 25.3. The number of carbonyl (C=O) groups excluding carboxylic acids is 2. The van der Waals surface area contributed by atoms with Crippen LogP contribution in [0.3, 0.4) is 0 Å². The SMILES string of the molecule is CCNC(=O)[C@H](C)N(Cc1ccc(F)cc1)C(=O)CN(c1ccc(C)c(C)c1)S(C)(=O)=O. The molecule has 0 radical (unpaired) electrons. The molecule has 32 heavy (non-hydrogen) atoms. The molecular weight excluding hydrogens is 433 g/mol. The van der Waals surface area contributed by atoms with E-state index in [2.05, 4.69) is 5.32 Å². The zero-order chi connectivity index (χ0) is 24.1. The molecule has 0 saturated heterocycles. The molecule has 174 valence electrons. The Morgan fingerprint density at radius 1 is 1.06 bits per heavy atom. The Morgan fingerprint density at radius 3 is 2.22 bits per heavy atom. The summed E-state index contributed by atoms with van der Waals surface area (Å²) in [4.78, 5) is 27.1. The van der Waals surface area contributed by atoms with Crippen LogP contribution < -0.4 is 9.62 Å². The minimum absolute atomic E-state index is 0.0297. The molecule has 2 rings (SSSR count). The lowest BCUT2D eigenvalue weighted by molar-refractivity contribution is -0.139. The van der Waals surface area contributed by atoms with Gasteiger partial charge in [-0.1, -0.05) is 18.2 Å². The number of likely N-dealkylation sites (N-methyl/N-ethyl adjacent to an activating group) is 1. The van der Waals surface area contributed by atoms with Crippen LogP contribution in [-0.4, -0.2) is 50.5 Å². The van der Waals surface area contributed by atoms with Gasteiger partial charge in [-0.05, 0) is 68.7 Å². The van der Waals surface area contributed by atoms with E-state index in [1.165, 1.54) is 29.2 Å². The van der Waals surface area contributed by atoms with E-state index in [1.807, 2.05) is 13.8 Å². The maximum atomic E-state index is 13.3. The first-order chi connectivity index (χ1) is 14.9. The van der Waals surface area contributed by atoms with Crippen LogP contribution in [-0.2, 0) is 26.2 Å². The van der Waals surface area contributed by atoms with Crippen LogP contribution in [0.2, 0.25) is 0 Å². The predicted octanol–water partition coefficient (Wildman–Crippen LogP) is 2.76. The van der Waals surface area contributed by atoms with Crippen LogP contribution in [0.5, 0.6) is 0 Å². The maximum absolute atomic E-state index is 13.3. The standard InChI is InChI=1S/C23H30FN3O4S/c1-6-25-23(29)18(4)26(14-19-8-10-20(24)11-9-19)22(28)15-27(32(5,30)31)21-12-7-16(2)17(3)13-21/h7-13,18H,6,14-15H2,1-5H3,(H,25,29)/t18-/m0/s1. The number of hydrogen-bond acceptors (Lipinski definition) is 4. The van der Waals surface area contributed by atoms with Crippen LogP contribution in [0.4, 0.5) is 10.1 Å². The number of sulfonamides is 1. The second-order valence-corrected chi connectivity index (χ2v) is 9.66. The molecule has 7 nitrogen and oxygen atoms in total. The number of hydrogen-bond donors (Lipinski definition) is 1. The van der Waals surface area contributed by atoms with Gasteiger partial charge in [-0.2, -0.15) is 0 Å². The van der Waals surface area contributed by atoms with Crippen molar-refractivity contribution in [2.75, 3.05) is 23.7 Å². The van der Waals surface area contributed by atoms with E-state index in [-0.39, 0.29) is 12.5 Å². The molecule has 9 heteroatoms. The molecule has 0 heterocycles. The van der Waals surface area contributed by atoms with Crippen LogP contribution in [0, 0.1) is 19.7 Å². The summed E-state index contributed by atoms with van der Waals surface area (Å²) in [5, 5.41) is 2.68. The van der Waals surface area contributed by atoms with Crippen LogP contribution in [0.25, 0.3) is 0 Å². The molecule has 0 aliphatic rings. The molecule has 2 aromatic carbocycles. The van der Waals surface area contributed by atoms with Crippen molar-refractivity contribution in [2.24, 2.45) is 0 Å². The lowest BCUT2D eigenvalue weighted by Crippen LogP contribution is -2.51. The number of nitrogens with zero attached hydrogens (tertiary/aromatic N) is 2. The molecule has 0 aromatic heterocycles. The number of carbonyl (C=O) groups is 2. The zero-order valence-corrected chi connectivity index (χ0v) is 19.9. The molecule has 0 saturated carbocycles. The first-order valence-electron chi connectivity index (χ1n) is 10.3. The van der Waals surface area contributed by atoms with Crippen molar-refractivity contribution in [3.63, 3.8) is 0 Å². The number of benzene rings is 2. The summed E-state index contributed by atoms with van der Waals surface area (Å²) in [7, 11) is -3.78. The highest BCUT2D eigenvalue weighted by Gasteiger charge is 2.30. The number of rotatable bonds is 9. The molecule has 0 aliphatic heterocycles. The van der Waals surface area contributed by atoms with E-state index in [0.29, 0.717) is 17.8 Å². The quantitative estimate of drug-likeness (QED) is 0.620. The van der Waals surface area contributed by atoms with Gasteiger partial charge < -0.3 is 10.2 Å². The molecule has 1 N–H and O–H groups in total. The fourth-order valence-corrected chi connectivity index (χ4v) is 4.03. The molecule has 0 unspecified atom stereocenters. The molecule has 0 aliphatic carbocycles. The highest BCUT2D eigenvalue weighted by molar-refractivity contribution is 7.92. The number of nitrogens with one attached hydrogen (secondary N) is 1. The summed E-state index contributed by atoms with van der Waals surface area (Å²) < 4.78 is 39.4. The van der Waals surface area contributed by atoms with Gasteiger partial charge in [0.2, 0.25) is 21.8 Å². The predicted molar refractivity (Wildman–Crippen MR) is 123 cm³/mol. The Morgan fingerprint density at radius 2 is 1.69 bits per heavy atom. The van der Waals surface area contributed by atoms with Gasteiger partial charge in [0.1, 0.15) is 18.4 Å². The third-order valence-electron chi connectivity index (χ3n) is 5.24. The van der Waals surface area contributed by atoms with E-state index in [9.17, 15) is 22.4 Å². The lowest BCUT2D eigenvalue weighted by Gasteiger charge is -2.31. The summed E-state index contributed by atoms with van der Waals surface area (Å²) in [6.07, 6.45) is 1.03. The summed E-state index contributed by atoms with van der Waals surface area (Å²) >= 11 is 0. The molecule has 0 bridgehead atoms. The van der Waals surface area contributed by atoms with E-state index in [1.54, 1.807) is 32.0 Å². The number of anilines is 1. The molecule has 2 aromatic rings.